The fourth-order valence-corrected chi connectivity index (χ4v) is 2.36. The molecule has 0 aliphatic carbocycles. The van der Waals surface area contributed by atoms with E-state index in [1.165, 1.54) is 11.1 Å². The molecule has 1 aromatic rings. The van der Waals surface area contributed by atoms with Crippen molar-refractivity contribution < 1.29 is 9.53 Å². The summed E-state index contributed by atoms with van der Waals surface area (Å²) in [6, 6.07) is 8.15. The predicted molar refractivity (Wildman–Crippen MR) is 65.0 cm³/mol. The molecule has 1 aromatic carbocycles. The van der Waals surface area contributed by atoms with Crippen LogP contribution in [0.1, 0.15) is 24.0 Å². The Morgan fingerprint density at radius 3 is 3.06 bits per heavy atom. The van der Waals surface area contributed by atoms with Crippen molar-refractivity contribution in [2.45, 2.75) is 25.5 Å². The highest BCUT2D eigenvalue weighted by Gasteiger charge is 2.28. The molecular weight excluding hydrogens is 214 g/mol. The van der Waals surface area contributed by atoms with Crippen LogP contribution in [0, 0.1) is 0 Å². The summed E-state index contributed by atoms with van der Waals surface area (Å²) >= 11 is 0. The minimum absolute atomic E-state index is 0.0910. The maximum atomic E-state index is 12.2. The number of carbonyl (C=O) groups excluding carboxylic acids is 1. The van der Waals surface area contributed by atoms with Crippen LogP contribution in [-0.4, -0.2) is 23.5 Å². The third-order valence-corrected chi connectivity index (χ3v) is 3.32. The van der Waals surface area contributed by atoms with E-state index in [0.717, 1.165) is 12.8 Å². The number of hydrogen-bond donors (Lipinski definition) is 0. The van der Waals surface area contributed by atoms with Crippen LogP contribution < -0.4 is 0 Å². The molecule has 0 saturated carbocycles. The molecule has 1 atom stereocenters. The van der Waals surface area contributed by atoms with Gasteiger partial charge in [-0.2, -0.15) is 0 Å². The second-order valence-corrected chi connectivity index (χ2v) is 4.48. The van der Waals surface area contributed by atoms with Gasteiger partial charge in [0.2, 0.25) is 0 Å². The zero-order valence-corrected chi connectivity index (χ0v) is 9.63. The molecule has 0 radical (unpaired) electrons. The van der Waals surface area contributed by atoms with Gasteiger partial charge in [0, 0.05) is 12.8 Å². The van der Waals surface area contributed by atoms with Gasteiger partial charge in [0.25, 0.3) is 5.91 Å². The van der Waals surface area contributed by atoms with Gasteiger partial charge >= 0.3 is 0 Å². The van der Waals surface area contributed by atoms with E-state index in [0.29, 0.717) is 13.2 Å². The van der Waals surface area contributed by atoms with Crippen molar-refractivity contribution in [1.82, 2.24) is 4.90 Å². The highest BCUT2D eigenvalue weighted by Crippen LogP contribution is 2.22. The van der Waals surface area contributed by atoms with E-state index in [-0.39, 0.29) is 12.0 Å². The van der Waals surface area contributed by atoms with Crippen molar-refractivity contribution >= 4 is 12.0 Å². The van der Waals surface area contributed by atoms with Crippen LogP contribution in [-0.2, 0) is 16.1 Å². The van der Waals surface area contributed by atoms with Crippen molar-refractivity contribution in [3.8, 4) is 0 Å². The summed E-state index contributed by atoms with van der Waals surface area (Å²) in [5, 5.41) is 0. The van der Waals surface area contributed by atoms with Gasteiger partial charge in [-0.05, 0) is 30.0 Å². The number of nitrogens with zero attached hydrogens (tertiary/aromatic N) is 1. The SMILES string of the molecule is O=C(C1CCCO1)N1C=Cc2ccccc2C1. The first-order chi connectivity index (χ1) is 8.34. The molecule has 1 amide bonds. The van der Waals surface area contributed by atoms with Gasteiger partial charge in [-0.25, -0.2) is 0 Å². The Balaban J connectivity index is 1.78. The predicted octanol–water partition coefficient (Wildman–Crippen LogP) is 2.18. The molecule has 0 aromatic heterocycles. The zero-order chi connectivity index (χ0) is 11.7. The van der Waals surface area contributed by atoms with Crippen molar-refractivity contribution in [2.24, 2.45) is 0 Å². The van der Waals surface area contributed by atoms with Crippen LogP contribution in [0.2, 0.25) is 0 Å². The molecule has 0 spiro atoms. The second kappa shape index (κ2) is 4.34. The van der Waals surface area contributed by atoms with Crippen molar-refractivity contribution in [1.29, 1.82) is 0 Å². The van der Waals surface area contributed by atoms with Gasteiger partial charge in [-0.3, -0.25) is 4.79 Å². The Morgan fingerprint density at radius 1 is 1.35 bits per heavy atom. The molecule has 2 aliphatic rings. The first-order valence-electron chi connectivity index (χ1n) is 6.03. The monoisotopic (exact) mass is 229 g/mol. The van der Waals surface area contributed by atoms with Gasteiger partial charge in [-0.15, -0.1) is 0 Å². The van der Waals surface area contributed by atoms with Crippen LogP contribution in [0.25, 0.3) is 6.08 Å². The standard InChI is InChI=1S/C14H15NO2/c16-14(13-6-3-9-17-13)15-8-7-11-4-1-2-5-12(11)10-15/h1-2,4-5,7-8,13H,3,6,9-10H2. The van der Waals surface area contributed by atoms with Crippen molar-refractivity contribution in [3.63, 3.8) is 0 Å². The van der Waals surface area contributed by atoms with Crippen molar-refractivity contribution in [2.75, 3.05) is 6.61 Å². The molecule has 1 fully saturated rings. The number of benzene rings is 1. The van der Waals surface area contributed by atoms with Gasteiger partial charge in [-0.1, -0.05) is 24.3 Å². The zero-order valence-electron chi connectivity index (χ0n) is 9.63. The fourth-order valence-electron chi connectivity index (χ4n) is 2.36. The van der Waals surface area contributed by atoms with Crippen molar-refractivity contribution in [3.05, 3.63) is 41.6 Å². The molecule has 0 N–H and O–H groups in total. The Morgan fingerprint density at radius 2 is 2.24 bits per heavy atom. The summed E-state index contributed by atoms with van der Waals surface area (Å²) in [6.07, 6.45) is 5.47. The highest BCUT2D eigenvalue weighted by molar-refractivity contribution is 5.83. The second-order valence-electron chi connectivity index (χ2n) is 4.48. The molecule has 1 saturated heterocycles. The Hall–Kier alpha value is -1.61. The average Bonchev–Trinajstić information content (AvgIpc) is 2.91. The maximum Gasteiger partial charge on any atom is 0.255 e. The quantitative estimate of drug-likeness (QED) is 0.738. The molecule has 2 heterocycles. The molecule has 17 heavy (non-hydrogen) atoms. The smallest absolute Gasteiger partial charge is 0.255 e. The summed E-state index contributed by atoms with van der Waals surface area (Å²) in [4.78, 5) is 13.9. The number of fused-ring (bicyclic) bond motifs is 1. The van der Waals surface area contributed by atoms with Crippen LogP contribution >= 0.6 is 0 Å². The summed E-state index contributed by atoms with van der Waals surface area (Å²) in [5.74, 6) is 0.0910. The maximum absolute atomic E-state index is 12.2. The highest BCUT2D eigenvalue weighted by atomic mass is 16.5. The third-order valence-electron chi connectivity index (χ3n) is 3.32. The number of hydrogen-bond acceptors (Lipinski definition) is 2. The van der Waals surface area contributed by atoms with Gasteiger partial charge in [0.15, 0.2) is 0 Å². The molecule has 3 nitrogen and oxygen atoms in total. The number of amides is 1. The average molecular weight is 229 g/mol. The van der Waals surface area contributed by atoms with Crippen LogP contribution in [0.3, 0.4) is 0 Å². The van der Waals surface area contributed by atoms with E-state index in [4.69, 9.17) is 4.74 Å². The summed E-state index contributed by atoms with van der Waals surface area (Å²) in [7, 11) is 0. The molecule has 3 heteroatoms. The van der Waals surface area contributed by atoms with E-state index in [1.54, 1.807) is 4.90 Å². The van der Waals surface area contributed by atoms with E-state index < -0.39 is 0 Å². The Labute approximate surface area is 101 Å². The van der Waals surface area contributed by atoms with Gasteiger partial charge < -0.3 is 9.64 Å². The van der Waals surface area contributed by atoms with Crippen LogP contribution in [0.4, 0.5) is 0 Å². The minimum Gasteiger partial charge on any atom is -0.368 e. The normalized spacial score (nSPS) is 22.6. The first kappa shape index (κ1) is 10.5. The Kier molecular flexibility index (Phi) is 2.69. The largest absolute Gasteiger partial charge is 0.368 e. The number of ether oxygens (including phenoxy) is 1. The number of rotatable bonds is 1. The lowest BCUT2D eigenvalue weighted by Crippen LogP contribution is -2.35. The number of carbonyl (C=O) groups is 1. The first-order valence-corrected chi connectivity index (χ1v) is 6.03. The van der Waals surface area contributed by atoms with E-state index in [1.807, 2.05) is 24.4 Å². The lowest BCUT2D eigenvalue weighted by molar-refractivity contribution is -0.138. The topological polar surface area (TPSA) is 29.5 Å². The van der Waals surface area contributed by atoms with E-state index >= 15 is 0 Å². The van der Waals surface area contributed by atoms with E-state index in [9.17, 15) is 4.79 Å². The fraction of sp³-hybridized carbons (Fsp3) is 0.357. The minimum atomic E-state index is -0.232. The van der Waals surface area contributed by atoms with E-state index in [2.05, 4.69) is 12.1 Å². The van der Waals surface area contributed by atoms with Gasteiger partial charge in [0.1, 0.15) is 6.10 Å². The molecule has 0 bridgehead atoms. The lowest BCUT2D eigenvalue weighted by atomic mass is 10.0. The molecule has 3 rings (SSSR count). The molecule has 2 aliphatic heterocycles. The summed E-state index contributed by atoms with van der Waals surface area (Å²) < 4.78 is 5.43. The van der Waals surface area contributed by atoms with Crippen LogP contribution in [0.15, 0.2) is 30.5 Å². The summed E-state index contributed by atoms with van der Waals surface area (Å²) in [6.45, 7) is 1.37. The Bertz CT molecular complexity index is 461. The third kappa shape index (κ3) is 1.98. The lowest BCUT2D eigenvalue weighted by Gasteiger charge is -2.25. The van der Waals surface area contributed by atoms with Crippen LogP contribution in [0.5, 0.6) is 0 Å². The summed E-state index contributed by atoms with van der Waals surface area (Å²) in [5.41, 5.74) is 2.39. The van der Waals surface area contributed by atoms with Gasteiger partial charge in [0.05, 0.1) is 6.54 Å². The molecule has 88 valence electrons. The molecule has 1 unspecified atom stereocenters. The molecular formula is C14H15NO2.